The molecule has 24 heavy (non-hydrogen) atoms. The summed E-state index contributed by atoms with van der Waals surface area (Å²) in [7, 11) is 1.60. The maximum absolute atomic E-state index is 12.6. The summed E-state index contributed by atoms with van der Waals surface area (Å²) in [5, 5.41) is 1.63. The van der Waals surface area contributed by atoms with Gasteiger partial charge in [-0.15, -0.1) is 11.3 Å². The van der Waals surface area contributed by atoms with Gasteiger partial charge < -0.3 is 9.88 Å². The van der Waals surface area contributed by atoms with Crippen molar-refractivity contribution in [2.45, 2.75) is 12.7 Å². The topological polar surface area (TPSA) is 61.9 Å². The maximum atomic E-state index is 12.6. The largest absolute Gasteiger partial charge is 0.417 e. The van der Waals surface area contributed by atoms with E-state index in [0.29, 0.717) is 16.0 Å². The summed E-state index contributed by atoms with van der Waals surface area (Å²) in [6.45, 7) is 0.138. The Labute approximate surface area is 142 Å². The summed E-state index contributed by atoms with van der Waals surface area (Å²) in [6, 6.07) is 2.54. The van der Waals surface area contributed by atoms with Crippen LogP contribution in [0.1, 0.15) is 11.4 Å². The molecule has 0 spiro atoms. The van der Waals surface area contributed by atoms with Crippen molar-refractivity contribution in [2.75, 3.05) is 11.9 Å². The second-order valence-electron chi connectivity index (χ2n) is 5.03. The fraction of sp³-hybridized carbons (Fsp3) is 0.214. The first-order valence-electron chi connectivity index (χ1n) is 6.66. The van der Waals surface area contributed by atoms with Crippen LogP contribution >= 0.6 is 22.9 Å². The van der Waals surface area contributed by atoms with Gasteiger partial charge >= 0.3 is 6.18 Å². The number of thiophene rings is 1. The van der Waals surface area contributed by atoms with Crippen molar-refractivity contribution < 1.29 is 13.2 Å². The molecule has 10 heteroatoms. The Kier molecular flexibility index (Phi) is 4.22. The van der Waals surface area contributed by atoms with Gasteiger partial charge in [-0.05, 0) is 17.5 Å². The van der Waals surface area contributed by atoms with Gasteiger partial charge in [-0.3, -0.25) is 4.79 Å². The second kappa shape index (κ2) is 6.06. The molecule has 0 atom stereocenters. The molecule has 0 radical (unpaired) electrons. The molecule has 3 heterocycles. The molecule has 0 unspecified atom stereocenters. The molecule has 0 bridgehead atoms. The molecular formula is C14H10ClF3N4OS. The number of nitrogens with one attached hydrogen (secondary N) is 1. The van der Waals surface area contributed by atoms with Crippen molar-refractivity contribution in [1.29, 1.82) is 0 Å². The third-order valence-corrected chi connectivity index (χ3v) is 4.44. The molecule has 126 valence electrons. The predicted molar refractivity (Wildman–Crippen MR) is 86.6 cm³/mol. The third-order valence-electron chi connectivity index (χ3n) is 3.26. The Hall–Kier alpha value is -2.13. The van der Waals surface area contributed by atoms with Gasteiger partial charge in [0, 0.05) is 13.2 Å². The van der Waals surface area contributed by atoms with Crippen LogP contribution in [-0.2, 0) is 12.7 Å². The number of hydrogen-bond acceptors (Lipinski definition) is 5. The van der Waals surface area contributed by atoms with Crippen LogP contribution in [0.15, 0.2) is 28.5 Å². The normalized spacial score (nSPS) is 11.9. The number of rotatable bonds is 3. The molecule has 0 saturated carbocycles. The van der Waals surface area contributed by atoms with Gasteiger partial charge in [0.15, 0.2) is 0 Å². The average molecular weight is 375 g/mol. The standard InChI is InChI=1S/C14H10ClF3N4OS/c1-22(12-8(15)4-7(5-19-12)14(16,17)18)6-10-20-9-2-3-24-11(9)13(23)21-10/h2-5H,6H2,1H3,(H,20,21,23). The van der Waals surface area contributed by atoms with E-state index in [1.54, 1.807) is 18.5 Å². The van der Waals surface area contributed by atoms with E-state index < -0.39 is 11.7 Å². The summed E-state index contributed by atoms with van der Waals surface area (Å²) in [6.07, 6.45) is -3.79. The fourth-order valence-corrected chi connectivity index (χ4v) is 3.20. The van der Waals surface area contributed by atoms with Gasteiger partial charge in [0.2, 0.25) is 0 Å². The summed E-state index contributed by atoms with van der Waals surface area (Å²) in [5.41, 5.74) is -0.612. The lowest BCUT2D eigenvalue weighted by molar-refractivity contribution is -0.137. The quantitative estimate of drug-likeness (QED) is 0.759. The molecule has 0 aliphatic heterocycles. The number of hydrogen-bond donors (Lipinski definition) is 1. The predicted octanol–water partition coefficient (Wildman–Crippen LogP) is 3.69. The average Bonchev–Trinajstić information content (AvgIpc) is 2.95. The van der Waals surface area contributed by atoms with Crippen LogP contribution in [0, 0.1) is 0 Å². The summed E-state index contributed by atoms with van der Waals surface area (Å²) in [4.78, 5) is 24.2. The second-order valence-corrected chi connectivity index (χ2v) is 6.35. The van der Waals surface area contributed by atoms with Crippen molar-refractivity contribution >= 4 is 39.0 Å². The monoisotopic (exact) mass is 374 g/mol. The van der Waals surface area contributed by atoms with E-state index in [1.807, 2.05) is 0 Å². The highest BCUT2D eigenvalue weighted by molar-refractivity contribution is 7.17. The van der Waals surface area contributed by atoms with Crippen LogP contribution in [0.4, 0.5) is 19.0 Å². The van der Waals surface area contributed by atoms with Crippen LogP contribution in [0.2, 0.25) is 5.02 Å². The number of nitrogens with zero attached hydrogens (tertiary/aromatic N) is 3. The number of anilines is 1. The first kappa shape index (κ1) is 16.7. The van der Waals surface area contributed by atoms with Crippen molar-refractivity contribution in [3.8, 4) is 0 Å². The zero-order valence-electron chi connectivity index (χ0n) is 12.2. The summed E-state index contributed by atoms with van der Waals surface area (Å²) >= 11 is 7.19. The Morgan fingerprint density at radius 2 is 2.17 bits per heavy atom. The van der Waals surface area contributed by atoms with Crippen LogP contribution in [0.25, 0.3) is 10.2 Å². The van der Waals surface area contributed by atoms with Gasteiger partial charge in [-0.25, -0.2) is 9.97 Å². The highest BCUT2D eigenvalue weighted by Gasteiger charge is 2.31. The van der Waals surface area contributed by atoms with E-state index in [1.165, 1.54) is 16.2 Å². The Bertz CT molecular complexity index is 953. The first-order chi connectivity index (χ1) is 11.3. The fourth-order valence-electron chi connectivity index (χ4n) is 2.16. The SMILES string of the molecule is CN(Cc1nc2ccsc2c(=O)[nH]1)c1ncc(C(F)(F)F)cc1Cl. The molecule has 0 aromatic carbocycles. The van der Waals surface area contributed by atoms with Crippen molar-refractivity contribution in [3.05, 3.63) is 50.5 Å². The van der Waals surface area contributed by atoms with E-state index in [0.717, 1.165) is 12.3 Å². The minimum atomic E-state index is -4.51. The lowest BCUT2D eigenvalue weighted by Crippen LogP contribution is -2.22. The highest BCUT2D eigenvalue weighted by Crippen LogP contribution is 2.33. The molecule has 0 saturated heterocycles. The smallest absolute Gasteiger partial charge is 0.351 e. The van der Waals surface area contributed by atoms with E-state index in [4.69, 9.17) is 11.6 Å². The van der Waals surface area contributed by atoms with Crippen molar-refractivity contribution in [1.82, 2.24) is 15.0 Å². The molecule has 0 aliphatic rings. The molecule has 3 rings (SSSR count). The summed E-state index contributed by atoms with van der Waals surface area (Å²) < 4.78 is 38.5. The minimum Gasteiger partial charge on any atom is -0.351 e. The van der Waals surface area contributed by atoms with Crippen LogP contribution in [0.5, 0.6) is 0 Å². The van der Waals surface area contributed by atoms with Gasteiger partial charge in [0.1, 0.15) is 16.3 Å². The zero-order chi connectivity index (χ0) is 17.5. The van der Waals surface area contributed by atoms with Gasteiger partial charge in [0.05, 0.1) is 22.6 Å². The van der Waals surface area contributed by atoms with Crippen LogP contribution < -0.4 is 10.5 Å². The number of aromatic nitrogens is 3. The van der Waals surface area contributed by atoms with Crippen LogP contribution in [-0.4, -0.2) is 22.0 Å². The van der Waals surface area contributed by atoms with Gasteiger partial charge in [-0.2, -0.15) is 13.2 Å². The third kappa shape index (κ3) is 3.22. The number of alkyl halides is 3. The maximum Gasteiger partial charge on any atom is 0.417 e. The van der Waals surface area contributed by atoms with E-state index in [-0.39, 0.29) is 22.9 Å². The lowest BCUT2D eigenvalue weighted by Gasteiger charge is -2.19. The number of fused-ring (bicyclic) bond motifs is 1. The molecular weight excluding hydrogens is 365 g/mol. The van der Waals surface area contributed by atoms with Crippen molar-refractivity contribution in [3.63, 3.8) is 0 Å². The minimum absolute atomic E-state index is 0.133. The zero-order valence-corrected chi connectivity index (χ0v) is 13.8. The Morgan fingerprint density at radius 1 is 1.42 bits per heavy atom. The van der Waals surface area contributed by atoms with Gasteiger partial charge in [-0.1, -0.05) is 11.6 Å². The van der Waals surface area contributed by atoms with E-state index in [9.17, 15) is 18.0 Å². The van der Waals surface area contributed by atoms with Gasteiger partial charge in [0.25, 0.3) is 5.56 Å². The molecule has 3 aromatic rings. The molecule has 0 amide bonds. The molecule has 0 fully saturated rings. The van der Waals surface area contributed by atoms with E-state index in [2.05, 4.69) is 15.0 Å². The molecule has 0 aliphatic carbocycles. The first-order valence-corrected chi connectivity index (χ1v) is 7.92. The molecule has 1 N–H and O–H groups in total. The molecule has 3 aromatic heterocycles. The highest BCUT2D eigenvalue weighted by atomic mass is 35.5. The van der Waals surface area contributed by atoms with Crippen LogP contribution in [0.3, 0.4) is 0 Å². The summed E-state index contributed by atoms with van der Waals surface area (Å²) in [5.74, 6) is 0.531. The van der Waals surface area contributed by atoms with Crippen molar-refractivity contribution in [2.24, 2.45) is 0 Å². The Morgan fingerprint density at radius 3 is 2.83 bits per heavy atom. The molecule has 5 nitrogen and oxygen atoms in total. The number of H-pyrrole nitrogens is 1. The lowest BCUT2D eigenvalue weighted by atomic mass is 10.2. The Balaban J connectivity index is 1.88. The van der Waals surface area contributed by atoms with E-state index >= 15 is 0 Å². The number of aromatic amines is 1. The number of pyridine rings is 1. The number of halogens is 4.